The molecule has 2 rings (SSSR count). The van der Waals surface area contributed by atoms with Crippen LogP contribution in [0.3, 0.4) is 0 Å². The molecule has 0 amide bonds. The van der Waals surface area contributed by atoms with E-state index in [1.54, 1.807) is 0 Å². The van der Waals surface area contributed by atoms with Crippen LogP contribution in [0, 0.1) is 6.92 Å². The van der Waals surface area contributed by atoms with Crippen molar-refractivity contribution in [2.24, 2.45) is 0 Å². The van der Waals surface area contributed by atoms with Crippen molar-refractivity contribution in [1.82, 2.24) is 5.32 Å². The lowest BCUT2D eigenvalue weighted by Gasteiger charge is -2.28. The van der Waals surface area contributed by atoms with Crippen LogP contribution in [-0.4, -0.2) is 30.4 Å². The summed E-state index contributed by atoms with van der Waals surface area (Å²) in [5.41, 5.74) is 1.07. The summed E-state index contributed by atoms with van der Waals surface area (Å²) in [6, 6.07) is 6.08. The molecule has 5 heteroatoms. The first-order valence-corrected chi connectivity index (χ1v) is 8.35. The second-order valence-corrected chi connectivity index (χ2v) is 6.26. The van der Waals surface area contributed by atoms with Crippen molar-refractivity contribution in [3.05, 3.63) is 28.8 Å². The molecule has 1 aromatic carbocycles. The largest absolute Gasteiger partial charge is 0.492 e. The van der Waals surface area contributed by atoms with E-state index in [-0.39, 0.29) is 24.6 Å². The molecule has 0 aromatic heterocycles. The first-order chi connectivity index (χ1) is 10.2. The number of hydrogen-bond donors (Lipinski definition) is 2. The van der Waals surface area contributed by atoms with E-state index in [1.165, 1.54) is 6.42 Å². The van der Waals surface area contributed by atoms with Gasteiger partial charge in [-0.1, -0.05) is 36.6 Å². The summed E-state index contributed by atoms with van der Waals surface area (Å²) in [5.74, 6) is 0.801. The molecular formula is C17H27Cl2NO2. The van der Waals surface area contributed by atoms with Gasteiger partial charge < -0.3 is 15.2 Å². The molecule has 0 aliphatic heterocycles. The van der Waals surface area contributed by atoms with Crippen molar-refractivity contribution < 1.29 is 9.84 Å². The fourth-order valence-electron chi connectivity index (χ4n) is 2.84. The van der Waals surface area contributed by atoms with Crippen LogP contribution in [0.1, 0.15) is 44.1 Å². The minimum Gasteiger partial charge on any atom is -0.492 e. The number of unbranched alkanes of at least 4 members (excludes halogenated alkanes) is 1. The van der Waals surface area contributed by atoms with Gasteiger partial charge in [0, 0.05) is 6.04 Å². The summed E-state index contributed by atoms with van der Waals surface area (Å²) in [5, 5.41) is 14.0. The maximum atomic E-state index is 9.88. The number of nitrogens with one attached hydrogen (secondary N) is 1. The Balaban J connectivity index is 0.00000242. The average molecular weight is 348 g/mol. The van der Waals surface area contributed by atoms with Crippen molar-refractivity contribution >= 4 is 24.0 Å². The highest BCUT2D eigenvalue weighted by Crippen LogP contribution is 2.27. The number of aliphatic hydroxyl groups excluding tert-OH is 1. The van der Waals surface area contributed by atoms with E-state index in [1.807, 2.05) is 25.1 Å². The highest BCUT2D eigenvalue weighted by molar-refractivity contribution is 6.32. The topological polar surface area (TPSA) is 41.5 Å². The lowest BCUT2D eigenvalue weighted by molar-refractivity contribution is 0.0908. The first kappa shape index (κ1) is 19.6. The Kier molecular flexibility index (Phi) is 9.18. The highest BCUT2D eigenvalue weighted by atomic mass is 35.5. The van der Waals surface area contributed by atoms with Gasteiger partial charge in [0.05, 0.1) is 17.7 Å². The Bertz CT molecular complexity index is 422. The minimum atomic E-state index is -0.166. The van der Waals surface area contributed by atoms with E-state index >= 15 is 0 Å². The molecule has 0 bridgehead atoms. The Morgan fingerprint density at radius 3 is 2.77 bits per heavy atom. The van der Waals surface area contributed by atoms with Crippen LogP contribution in [0.2, 0.25) is 5.02 Å². The Morgan fingerprint density at radius 2 is 2.05 bits per heavy atom. The van der Waals surface area contributed by atoms with Crippen LogP contribution >= 0.6 is 24.0 Å². The first-order valence-electron chi connectivity index (χ1n) is 7.98. The van der Waals surface area contributed by atoms with E-state index in [4.69, 9.17) is 16.3 Å². The number of para-hydroxylation sites is 1. The summed E-state index contributed by atoms with van der Waals surface area (Å²) in [6.45, 7) is 3.62. The Morgan fingerprint density at radius 1 is 1.27 bits per heavy atom. The number of aryl methyl sites for hydroxylation is 1. The molecule has 1 saturated carbocycles. The van der Waals surface area contributed by atoms with Gasteiger partial charge in [-0.15, -0.1) is 12.4 Å². The van der Waals surface area contributed by atoms with Crippen molar-refractivity contribution in [2.75, 3.05) is 13.2 Å². The summed E-state index contributed by atoms with van der Waals surface area (Å²) < 4.78 is 5.77. The SMILES string of the molecule is Cc1cccc(Cl)c1OCCCCN[C@H]1CCCC[C@@H]1O.Cl. The minimum absolute atomic E-state index is 0. The summed E-state index contributed by atoms with van der Waals surface area (Å²) in [6.07, 6.45) is 6.28. The number of aliphatic hydroxyl groups is 1. The monoisotopic (exact) mass is 347 g/mol. The lowest BCUT2D eigenvalue weighted by Crippen LogP contribution is -2.42. The van der Waals surface area contributed by atoms with Gasteiger partial charge in [0.1, 0.15) is 5.75 Å². The van der Waals surface area contributed by atoms with Gasteiger partial charge in [0.15, 0.2) is 0 Å². The maximum Gasteiger partial charge on any atom is 0.140 e. The van der Waals surface area contributed by atoms with Gasteiger partial charge in [-0.2, -0.15) is 0 Å². The van der Waals surface area contributed by atoms with E-state index < -0.39 is 0 Å². The molecule has 0 unspecified atom stereocenters. The van der Waals surface area contributed by atoms with Crippen molar-refractivity contribution in [3.8, 4) is 5.75 Å². The molecule has 126 valence electrons. The number of halogens is 2. The third kappa shape index (κ3) is 5.96. The van der Waals surface area contributed by atoms with Crippen molar-refractivity contribution in [3.63, 3.8) is 0 Å². The highest BCUT2D eigenvalue weighted by Gasteiger charge is 2.21. The van der Waals surface area contributed by atoms with E-state index in [0.29, 0.717) is 11.6 Å². The van der Waals surface area contributed by atoms with Crippen LogP contribution in [-0.2, 0) is 0 Å². The Labute approximate surface area is 144 Å². The zero-order chi connectivity index (χ0) is 15.1. The molecule has 0 saturated heterocycles. The molecule has 2 N–H and O–H groups in total. The van der Waals surface area contributed by atoms with Crippen LogP contribution in [0.5, 0.6) is 5.75 Å². The number of hydrogen-bond acceptors (Lipinski definition) is 3. The smallest absolute Gasteiger partial charge is 0.140 e. The van der Waals surface area contributed by atoms with E-state index in [0.717, 1.165) is 50.0 Å². The fraction of sp³-hybridized carbons (Fsp3) is 0.647. The van der Waals surface area contributed by atoms with Gasteiger partial charge in [-0.25, -0.2) is 0 Å². The molecule has 1 fully saturated rings. The van der Waals surface area contributed by atoms with E-state index in [9.17, 15) is 5.11 Å². The average Bonchev–Trinajstić information content (AvgIpc) is 2.47. The molecule has 1 aliphatic carbocycles. The zero-order valence-corrected chi connectivity index (χ0v) is 14.8. The van der Waals surface area contributed by atoms with Crippen LogP contribution in [0.25, 0.3) is 0 Å². The normalized spacial score (nSPS) is 21.2. The Hall–Kier alpha value is -0.480. The second-order valence-electron chi connectivity index (χ2n) is 5.85. The standard InChI is InChI=1S/C17H26ClNO2.ClH/c1-13-7-6-8-14(18)17(13)21-12-5-4-11-19-15-9-2-3-10-16(15)20;/h6-8,15-16,19-20H,2-5,9-12H2,1H3;1H/t15-,16-;/m0./s1. The van der Waals surface area contributed by atoms with Gasteiger partial charge in [-0.3, -0.25) is 0 Å². The number of benzene rings is 1. The number of ether oxygens (including phenoxy) is 1. The molecule has 2 atom stereocenters. The molecule has 1 aliphatic rings. The molecule has 3 nitrogen and oxygen atoms in total. The molecule has 1 aromatic rings. The van der Waals surface area contributed by atoms with Gasteiger partial charge in [-0.05, 0) is 50.8 Å². The molecule has 0 heterocycles. The lowest BCUT2D eigenvalue weighted by atomic mass is 9.92. The van der Waals surface area contributed by atoms with Crippen LogP contribution in [0.4, 0.5) is 0 Å². The fourth-order valence-corrected chi connectivity index (χ4v) is 3.11. The summed E-state index contributed by atoms with van der Waals surface area (Å²) in [7, 11) is 0. The third-order valence-electron chi connectivity index (χ3n) is 4.12. The molecule has 22 heavy (non-hydrogen) atoms. The van der Waals surface area contributed by atoms with Crippen molar-refractivity contribution in [2.45, 2.75) is 57.6 Å². The third-order valence-corrected chi connectivity index (χ3v) is 4.42. The van der Waals surface area contributed by atoms with Gasteiger partial charge in [0.25, 0.3) is 0 Å². The summed E-state index contributed by atoms with van der Waals surface area (Å²) >= 11 is 6.12. The quantitative estimate of drug-likeness (QED) is 0.729. The van der Waals surface area contributed by atoms with E-state index in [2.05, 4.69) is 5.32 Å². The molecule has 0 radical (unpaired) electrons. The van der Waals surface area contributed by atoms with Gasteiger partial charge in [0.2, 0.25) is 0 Å². The van der Waals surface area contributed by atoms with Crippen molar-refractivity contribution in [1.29, 1.82) is 0 Å². The molecule has 0 spiro atoms. The van der Waals surface area contributed by atoms with Crippen LogP contribution in [0.15, 0.2) is 18.2 Å². The number of rotatable bonds is 7. The van der Waals surface area contributed by atoms with Crippen LogP contribution < -0.4 is 10.1 Å². The summed E-state index contributed by atoms with van der Waals surface area (Å²) in [4.78, 5) is 0. The molecular weight excluding hydrogens is 321 g/mol. The van der Waals surface area contributed by atoms with Gasteiger partial charge >= 0.3 is 0 Å². The maximum absolute atomic E-state index is 9.88. The predicted octanol–water partition coefficient (Wildman–Crippen LogP) is 4.12. The zero-order valence-electron chi connectivity index (χ0n) is 13.2. The predicted molar refractivity (Wildman–Crippen MR) is 94.4 cm³/mol. The second kappa shape index (κ2) is 10.3.